The Bertz CT molecular complexity index is 2320. The van der Waals surface area contributed by atoms with Gasteiger partial charge in [0.05, 0.1) is 37.2 Å². The van der Waals surface area contributed by atoms with Gasteiger partial charge in [-0.2, -0.15) is 10.2 Å². The number of carbonyl (C=O) groups is 2. The summed E-state index contributed by atoms with van der Waals surface area (Å²) in [6.45, 7) is 8.94. The Hall–Kier alpha value is -5.62. The van der Waals surface area contributed by atoms with Gasteiger partial charge < -0.3 is 19.8 Å². The van der Waals surface area contributed by atoms with Gasteiger partial charge in [-0.3, -0.25) is 19.1 Å². The van der Waals surface area contributed by atoms with E-state index in [1.807, 2.05) is 11.0 Å². The van der Waals surface area contributed by atoms with Crippen LogP contribution >= 0.6 is 0 Å². The highest BCUT2D eigenvalue weighted by atomic mass is 19.3. The zero-order valence-electron chi connectivity index (χ0n) is 33.4. The van der Waals surface area contributed by atoms with E-state index in [4.69, 9.17) is 10.2 Å². The Morgan fingerprint density at radius 1 is 0.932 bits per heavy atom. The Morgan fingerprint density at radius 2 is 1.69 bits per heavy atom. The molecule has 4 aromatic heterocycles. The minimum atomic E-state index is -2.65. The van der Waals surface area contributed by atoms with E-state index in [2.05, 4.69) is 44.8 Å². The molecule has 4 aliphatic rings. The van der Waals surface area contributed by atoms with Crippen molar-refractivity contribution in [1.29, 1.82) is 0 Å². The maximum Gasteiger partial charge on any atom is 0.338 e. The zero-order valence-corrected chi connectivity index (χ0v) is 33.4. The average molecular weight is 810 g/mol. The summed E-state index contributed by atoms with van der Waals surface area (Å²) in [5.74, 6) is 0.685. The molecule has 9 rings (SSSR count). The number of nitrogens with zero attached hydrogens (tertiary/aromatic N) is 13. The van der Waals surface area contributed by atoms with Gasteiger partial charge in [-0.05, 0) is 67.7 Å². The first kappa shape index (κ1) is 38.9. The second-order valence-corrected chi connectivity index (χ2v) is 16.4. The molecule has 59 heavy (non-hydrogen) atoms. The molecule has 2 saturated heterocycles. The predicted molar refractivity (Wildman–Crippen MR) is 213 cm³/mol. The summed E-state index contributed by atoms with van der Waals surface area (Å²) in [6, 6.07) is 3.80. The summed E-state index contributed by atoms with van der Waals surface area (Å²) in [6.07, 6.45) is 11.6. The van der Waals surface area contributed by atoms with Crippen LogP contribution in [0.25, 0.3) is 22.6 Å². The van der Waals surface area contributed by atoms with Crippen molar-refractivity contribution < 1.29 is 23.5 Å². The van der Waals surface area contributed by atoms with Crippen molar-refractivity contribution in [2.45, 2.75) is 77.6 Å². The number of hydrogen-bond acceptors (Lipinski definition) is 11. The molecule has 1 amide bonds. The molecule has 310 valence electrons. The number of carboxylic acids is 1. The maximum absolute atomic E-state index is 14.7. The molecule has 18 heteroatoms. The molecule has 1 N–H and O–H groups in total. The van der Waals surface area contributed by atoms with Crippen LogP contribution in [0, 0.1) is 5.92 Å². The molecule has 8 heterocycles. The van der Waals surface area contributed by atoms with E-state index in [0.29, 0.717) is 61.3 Å². The highest BCUT2D eigenvalue weighted by molar-refractivity contribution is 5.87. The molecule has 5 aromatic rings. The number of rotatable bonds is 10. The molecule has 0 saturated carbocycles. The van der Waals surface area contributed by atoms with E-state index in [-0.39, 0.29) is 23.1 Å². The van der Waals surface area contributed by atoms with E-state index < -0.39 is 12.4 Å². The van der Waals surface area contributed by atoms with Crippen LogP contribution in [0.5, 0.6) is 0 Å². The Labute approximate surface area is 340 Å². The van der Waals surface area contributed by atoms with Gasteiger partial charge in [0.25, 0.3) is 6.43 Å². The lowest BCUT2D eigenvalue weighted by molar-refractivity contribution is -0.129. The Balaban J connectivity index is 0.853. The summed E-state index contributed by atoms with van der Waals surface area (Å²) in [5, 5.41) is 27.1. The fraction of sp³-hybridized carbons (Fsp3) is 0.512. The number of fused-ring (bicyclic) bond motifs is 2. The van der Waals surface area contributed by atoms with E-state index in [0.717, 1.165) is 93.9 Å². The van der Waals surface area contributed by atoms with Gasteiger partial charge in [-0.25, -0.2) is 28.2 Å². The van der Waals surface area contributed by atoms with Gasteiger partial charge in [0.1, 0.15) is 5.69 Å². The number of aromatic carboxylic acids is 1. The second-order valence-electron chi connectivity index (χ2n) is 16.4. The average Bonchev–Trinajstić information content (AvgIpc) is 4.00. The number of amides is 1. The first-order valence-corrected chi connectivity index (χ1v) is 20.6. The van der Waals surface area contributed by atoms with Crippen LogP contribution in [0.4, 0.5) is 20.3 Å². The number of benzene rings is 1. The topological polar surface area (TPSA) is 159 Å². The summed E-state index contributed by atoms with van der Waals surface area (Å²) >= 11 is 0. The first-order valence-electron chi connectivity index (χ1n) is 20.6. The molecule has 4 aliphatic heterocycles. The summed E-state index contributed by atoms with van der Waals surface area (Å²) < 4.78 is 35.0. The summed E-state index contributed by atoms with van der Waals surface area (Å²) in [7, 11) is 1.79. The highest BCUT2D eigenvalue weighted by Crippen LogP contribution is 2.44. The standard InChI is InChI=1S/C41H49F2N13O3/c1-26(57)53-15-9-36-34(23-53)40(55-10-3-4-28-16-32(30-20-46-50(2)22-30)33(38(42)43)17-37(28)55)48-56(36)31-7-13-51(14-8-31)21-27-5-11-52(12-6-27)25-54-24-35(47-49-54)39-44-18-29(19-45-39)41(58)59/h16-20,22,24,27,31,38H,3-15,21,23,25H2,1-2H3,(H,58,59). The fourth-order valence-electron chi connectivity index (χ4n) is 9.34. The van der Waals surface area contributed by atoms with Crippen molar-refractivity contribution in [3.05, 3.63) is 71.1 Å². The third-order valence-electron chi connectivity index (χ3n) is 12.5. The van der Waals surface area contributed by atoms with Crippen LogP contribution in [0.3, 0.4) is 0 Å². The Kier molecular flexibility index (Phi) is 10.7. The molecule has 0 atom stereocenters. The molecule has 2 fully saturated rings. The molecular weight excluding hydrogens is 761 g/mol. The van der Waals surface area contributed by atoms with Crippen molar-refractivity contribution in [3.8, 4) is 22.6 Å². The summed E-state index contributed by atoms with van der Waals surface area (Å²) in [5.41, 5.74) is 5.71. The number of likely N-dealkylation sites (tertiary alicyclic amines) is 2. The lowest BCUT2D eigenvalue weighted by Gasteiger charge is -2.38. The van der Waals surface area contributed by atoms with Crippen LogP contribution in [0.1, 0.15) is 84.2 Å². The smallest absolute Gasteiger partial charge is 0.338 e. The number of anilines is 2. The van der Waals surface area contributed by atoms with E-state index in [1.54, 1.807) is 48.0 Å². The molecule has 0 spiro atoms. The fourth-order valence-corrected chi connectivity index (χ4v) is 9.34. The molecule has 1 aromatic carbocycles. The van der Waals surface area contributed by atoms with Gasteiger partial charge in [-0.15, -0.1) is 5.10 Å². The number of halogens is 2. The lowest BCUT2D eigenvalue weighted by Crippen LogP contribution is -2.42. The van der Waals surface area contributed by atoms with E-state index in [1.165, 1.54) is 18.1 Å². The predicted octanol–water partition coefficient (Wildman–Crippen LogP) is 4.96. The number of carboxylic acid groups (broad SMARTS) is 1. The van der Waals surface area contributed by atoms with Crippen LogP contribution in [-0.2, 0) is 37.9 Å². The van der Waals surface area contributed by atoms with Gasteiger partial charge >= 0.3 is 5.97 Å². The number of aromatic nitrogens is 9. The maximum atomic E-state index is 14.7. The van der Waals surface area contributed by atoms with Crippen molar-refractivity contribution in [1.82, 2.24) is 59.2 Å². The molecular formula is C41H49F2N13O3. The van der Waals surface area contributed by atoms with Crippen LogP contribution < -0.4 is 4.90 Å². The van der Waals surface area contributed by atoms with Gasteiger partial charge in [0.2, 0.25) is 5.91 Å². The number of aryl methyl sites for hydroxylation is 2. The first-order chi connectivity index (χ1) is 28.6. The molecule has 0 bridgehead atoms. The van der Waals surface area contributed by atoms with Crippen molar-refractivity contribution in [3.63, 3.8) is 0 Å². The monoisotopic (exact) mass is 809 g/mol. The van der Waals surface area contributed by atoms with Crippen molar-refractivity contribution in [2.24, 2.45) is 13.0 Å². The molecule has 0 radical (unpaired) electrons. The van der Waals surface area contributed by atoms with Gasteiger partial charge in [0, 0.05) is 113 Å². The summed E-state index contributed by atoms with van der Waals surface area (Å²) in [4.78, 5) is 41.0. The van der Waals surface area contributed by atoms with E-state index >= 15 is 0 Å². The van der Waals surface area contributed by atoms with Crippen LogP contribution in [0.2, 0.25) is 0 Å². The molecule has 0 aliphatic carbocycles. The van der Waals surface area contributed by atoms with Crippen LogP contribution in [0.15, 0.2) is 43.1 Å². The zero-order chi connectivity index (χ0) is 40.8. The number of carbonyl (C=O) groups excluding carboxylic acids is 1. The quantitative estimate of drug-likeness (QED) is 0.202. The van der Waals surface area contributed by atoms with Crippen molar-refractivity contribution in [2.75, 3.05) is 50.7 Å². The van der Waals surface area contributed by atoms with E-state index in [9.17, 15) is 18.4 Å². The van der Waals surface area contributed by atoms with Crippen LogP contribution in [-0.4, -0.2) is 122 Å². The van der Waals surface area contributed by atoms with Gasteiger partial charge in [-0.1, -0.05) is 5.21 Å². The molecule has 0 unspecified atom stereocenters. The number of alkyl halides is 2. The second kappa shape index (κ2) is 16.2. The number of piperidine rings is 2. The van der Waals surface area contributed by atoms with Crippen molar-refractivity contribution >= 4 is 23.4 Å². The lowest BCUT2D eigenvalue weighted by atomic mass is 9.92. The largest absolute Gasteiger partial charge is 0.478 e. The highest BCUT2D eigenvalue weighted by Gasteiger charge is 2.35. The third-order valence-corrected chi connectivity index (χ3v) is 12.5. The SMILES string of the molecule is CC(=O)N1CCc2c(c(N3CCCc4cc(-c5cnn(C)c5)c(C(F)F)cc43)nn2C2CCN(CC3CCN(Cn4cc(-c5ncc(C(=O)O)cn5)nn4)CC3)CC2)C1. The van der Waals surface area contributed by atoms with Gasteiger partial charge in [0.15, 0.2) is 11.6 Å². The Morgan fingerprint density at radius 3 is 2.39 bits per heavy atom. The normalized spacial score (nSPS) is 18.4. The molecule has 16 nitrogen and oxygen atoms in total. The number of hydrogen-bond donors (Lipinski definition) is 1. The minimum absolute atomic E-state index is 0.0105. The minimum Gasteiger partial charge on any atom is -0.478 e. The third kappa shape index (κ3) is 7.94.